The number of rotatable bonds is 8. The van der Waals surface area contributed by atoms with Gasteiger partial charge in [0.2, 0.25) is 5.91 Å². The van der Waals surface area contributed by atoms with Gasteiger partial charge < -0.3 is 14.2 Å². The first kappa shape index (κ1) is 22.1. The molecule has 2 aromatic carbocycles. The second-order valence-corrected chi connectivity index (χ2v) is 7.74. The number of hydrazone groups is 1. The number of halogens is 2. The van der Waals surface area contributed by atoms with Crippen LogP contribution in [-0.4, -0.2) is 30.8 Å². The first-order valence-electron chi connectivity index (χ1n) is 9.31. The topological polar surface area (TPSA) is 86.2 Å². The number of carbonyl (C=O) groups excluding carboxylic acids is 2. The third kappa shape index (κ3) is 6.21. The summed E-state index contributed by atoms with van der Waals surface area (Å²) < 4.78 is 17.2. The SMILES string of the molecule is CC(=O)Oc1ccc(OCCCOc2ccc(C3=NNC(=O)CC3)cc2Cl)c(Br)c1. The second kappa shape index (κ2) is 10.4. The van der Waals surface area contributed by atoms with E-state index < -0.39 is 0 Å². The molecule has 3 rings (SSSR count). The van der Waals surface area contributed by atoms with Gasteiger partial charge in [-0.3, -0.25) is 9.59 Å². The minimum absolute atomic E-state index is 0.0839. The largest absolute Gasteiger partial charge is 0.492 e. The van der Waals surface area contributed by atoms with E-state index in [2.05, 4.69) is 26.5 Å². The van der Waals surface area contributed by atoms with Gasteiger partial charge >= 0.3 is 5.97 Å². The Morgan fingerprint density at radius 2 is 1.87 bits per heavy atom. The molecule has 1 N–H and O–H groups in total. The van der Waals surface area contributed by atoms with Gasteiger partial charge in [0.05, 0.1) is 28.4 Å². The van der Waals surface area contributed by atoms with E-state index in [-0.39, 0.29) is 11.9 Å². The minimum atomic E-state index is -0.377. The van der Waals surface area contributed by atoms with Crippen molar-refractivity contribution >= 4 is 45.1 Å². The number of esters is 1. The molecule has 1 aliphatic heterocycles. The molecule has 0 bridgehead atoms. The molecule has 0 fully saturated rings. The molecule has 7 nitrogen and oxygen atoms in total. The van der Waals surface area contributed by atoms with Crippen LogP contribution in [0.1, 0.15) is 31.7 Å². The molecule has 0 atom stereocenters. The van der Waals surface area contributed by atoms with Gasteiger partial charge in [-0.25, -0.2) is 5.43 Å². The standard InChI is InChI=1S/C21H20BrClN2O5/c1-13(26)30-15-4-7-19(16(22)12-15)28-9-2-10-29-20-6-3-14(11-17(20)23)18-5-8-21(27)25-24-18/h3-4,6-7,11-12H,2,5,8-10H2,1H3,(H,25,27). The molecule has 1 heterocycles. The zero-order valence-corrected chi connectivity index (χ0v) is 18.6. The van der Waals surface area contributed by atoms with E-state index in [1.807, 2.05) is 6.07 Å². The van der Waals surface area contributed by atoms with Crippen molar-refractivity contribution in [3.05, 3.63) is 51.5 Å². The molecule has 30 heavy (non-hydrogen) atoms. The molecular weight excluding hydrogens is 476 g/mol. The summed E-state index contributed by atoms with van der Waals surface area (Å²) in [7, 11) is 0. The van der Waals surface area contributed by atoms with Crippen molar-refractivity contribution in [3.63, 3.8) is 0 Å². The fourth-order valence-corrected chi connectivity index (χ4v) is 3.44. The van der Waals surface area contributed by atoms with Gasteiger partial charge in [-0.1, -0.05) is 11.6 Å². The second-order valence-electron chi connectivity index (χ2n) is 6.48. The average Bonchev–Trinajstić information content (AvgIpc) is 2.70. The highest BCUT2D eigenvalue weighted by Gasteiger charge is 2.14. The van der Waals surface area contributed by atoms with Gasteiger partial charge in [0.25, 0.3) is 0 Å². The number of nitrogens with one attached hydrogen (secondary N) is 1. The predicted molar refractivity (Wildman–Crippen MR) is 116 cm³/mol. The highest BCUT2D eigenvalue weighted by molar-refractivity contribution is 9.10. The van der Waals surface area contributed by atoms with Crippen LogP contribution in [0.3, 0.4) is 0 Å². The summed E-state index contributed by atoms with van der Waals surface area (Å²) in [4.78, 5) is 22.2. The number of benzene rings is 2. The first-order valence-corrected chi connectivity index (χ1v) is 10.5. The number of nitrogens with zero attached hydrogens (tertiary/aromatic N) is 1. The minimum Gasteiger partial charge on any atom is -0.492 e. The Morgan fingerprint density at radius 1 is 1.13 bits per heavy atom. The highest BCUT2D eigenvalue weighted by Crippen LogP contribution is 2.30. The molecular formula is C21H20BrClN2O5. The molecule has 0 spiro atoms. The van der Waals surface area contributed by atoms with Crippen LogP contribution in [0, 0.1) is 0 Å². The summed E-state index contributed by atoms with van der Waals surface area (Å²) in [5.41, 5.74) is 4.13. The summed E-state index contributed by atoms with van der Waals surface area (Å²) in [5, 5.41) is 4.55. The van der Waals surface area contributed by atoms with Crippen molar-refractivity contribution in [1.82, 2.24) is 5.43 Å². The Morgan fingerprint density at radius 3 is 2.50 bits per heavy atom. The van der Waals surface area contributed by atoms with E-state index in [1.54, 1.807) is 30.3 Å². The molecule has 0 aliphatic carbocycles. The van der Waals surface area contributed by atoms with Crippen LogP contribution in [0.2, 0.25) is 5.02 Å². The Hall–Kier alpha value is -2.58. The van der Waals surface area contributed by atoms with Gasteiger partial charge in [-0.05, 0) is 57.9 Å². The molecule has 0 radical (unpaired) electrons. The normalized spacial score (nSPS) is 13.3. The van der Waals surface area contributed by atoms with E-state index in [0.717, 1.165) is 11.3 Å². The van der Waals surface area contributed by atoms with E-state index in [1.165, 1.54) is 6.92 Å². The fraction of sp³-hybridized carbons (Fsp3) is 0.286. The monoisotopic (exact) mass is 494 g/mol. The number of ether oxygens (including phenoxy) is 3. The number of amides is 1. The Balaban J connectivity index is 1.45. The van der Waals surface area contributed by atoms with Crippen molar-refractivity contribution in [1.29, 1.82) is 0 Å². The van der Waals surface area contributed by atoms with E-state index >= 15 is 0 Å². The molecule has 158 valence electrons. The third-order valence-corrected chi connectivity index (χ3v) is 5.05. The Kier molecular flexibility index (Phi) is 7.70. The zero-order valence-electron chi connectivity index (χ0n) is 16.2. The molecule has 1 aliphatic rings. The maximum atomic E-state index is 11.2. The summed E-state index contributed by atoms with van der Waals surface area (Å²) in [5.74, 6) is 1.21. The lowest BCUT2D eigenvalue weighted by Crippen LogP contribution is -2.25. The highest BCUT2D eigenvalue weighted by atomic mass is 79.9. The van der Waals surface area contributed by atoms with Gasteiger partial charge in [-0.2, -0.15) is 5.10 Å². The molecule has 0 saturated carbocycles. The van der Waals surface area contributed by atoms with Crippen molar-refractivity contribution in [2.75, 3.05) is 13.2 Å². The van der Waals surface area contributed by atoms with Crippen molar-refractivity contribution in [2.24, 2.45) is 5.10 Å². The van der Waals surface area contributed by atoms with E-state index in [0.29, 0.717) is 59.2 Å². The average molecular weight is 496 g/mol. The lowest BCUT2D eigenvalue weighted by molar-refractivity contribution is -0.131. The van der Waals surface area contributed by atoms with Gasteiger partial charge in [0, 0.05) is 26.2 Å². The maximum absolute atomic E-state index is 11.2. The van der Waals surface area contributed by atoms with Crippen molar-refractivity contribution in [3.8, 4) is 17.2 Å². The Bertz CT molecular complexity index is 980. The van der Waals surface area contributed by atoms with Gasteiger partial charge in [0.1, 0.15) is 17.2 Å². The predicted octanol–water partition coefficient (Wildman–Crippen LogP) is 4.49. The van der Waals surface area contributed by atoms with Crippen LogP contribution in [0.5, 0.6) is 17.2 Å². The molecule has 0 unspecified atom stereocenters. The third-order valence-electron chi connectivity index (χ3n) is 4.14. The van der Waals surface area contributed by atoms with Crippen molar-refractivity contribution < 1.29 is 23.8 Å². The maximum Gasteiger partial charge on any atom is 0.308 e. The summed E-state index contributed by atoms with van der Waals surface area (Å²) in [6.07, 6.45) is 1.64. The number of carbonyl (C=O) groups is 2. The number of hydrogen-bond acceptors (Lipinski definition) is 6. The number of hydrogen-bond donors (Lipinski definition) is 1. The smallest absolute Gasteiger partial charge is 0.308 e. The first-order chi connectivity index (χ1) is 14.4. The van der Waals surface area contributed by atoms with Crippen molar-refractivity contribution in [2.45, 2.75) is 26.2 Å². The molecule has 1 amide bonds. The van der Waals surface area contributed by atoms with Gasteiger partial charge in [0.15, 0.2) is 0 Å². The fourth-order valence-electron chi connectivity index (χ4n) is 2.73. The van der Waals surface area contributed by atoms with E-state index in [9.17, 15) is 9.59 Å². The zero-order chi connectivity index (χ0) is 21.5. The molecule has 0 aromatic heterocycles. The van der Waals surface area contributed by atoms with Crippen LogP contribution < -0.4 is 19.6 Å². The summed E-state index contributed by atoms with van der Waals surface area (Å²) in [6, 6.07) is 10.5. The van der Waals surface area contributed by atoms with Crippen LogP contribution in [0.4, 0.5) is 0 Å². The Labute approximate surface area is 187 Å². The van der Waals surface area contributed by atoms with Crippen LogP contribution in [0.15, 0.2) is 46.0 Å². The van der Waals surface area contributed by atoms with Crippen LogP contribution in [0.25, 0.3) is 0 Å². The quantitative estimate of drug-likeness (QED) is 0.331. The molecule has 9 heteroatoms. The summed E-state index contributed by atoms with van der Waals surface area (Å²) >= 11 is 9.71. The lowest BCUT2D eigenvalue weighted by atomic mass is 10.0. The summed E-state index contributed by atoms with van der Waals surface area (Å²) in [6.45, 7) is 2.22. The van der Waals surface area contributed by atoms with Gasteiger partial charge in [-0.15, -0.1) is 0 Å². The lowest BCUT2D eigenvalue weighted by Gasteiger charge is -2.14. The molecule has 0 saturated heterocycles. The van der Waals surface area contributed by atoms with Crippen LogP contribution >= 0.6 is 27.5 Å². The van der Waals surface area contributed by atoms with E-state index in [4.69, 9.17) is 25.8 Å². The molecule has 2 aromatic rings. The van der Waals surface area contributed by atoms with Crippen LogP contribution in [-0.2, 0) is 9.59 Å².